The summed E-state index contributed by atoms with van der Waals surface area (Å²) in [5.74, 6) is 0.608. The van der Waals surface area contributed by atoms with Crippen LogP contribution in [-0.2, 0) is 6.54 Å². The van der Waals surface area contributed by atoms with E-state index in [0.29, 0.717) is 17.3 Å². The quantitative estimate of drug-likeness (QED) is 0.819. The zero-order chi connectivity index (χ0) is 11.8. The van der Waals surface area contributed by atoms with Crippen LogP contribution in [0.15, 0.2) is 12.1 Å². The van der Waals surface area contributed by atoms with Crippen LogP contribution in [0.2, 0.25) is 0 Å². The first-order chi connectivity index (χ1) is 7.46. The van der Waals surface area contributed by atoms with Crippen LogP contribution in [0.3, 0.4) is 0 Å². The highest BCUT2D eigenvalue weighted by atomic mass is 15.0. The number of nitrogens with one attached hydrogen (secondary N) is 1. The van der Waals surface area contributed by atoms with Crippen molar-refractivity contribution in [1.29, 1.82) is 0 Å². The third-order valence-corrected chi connectivity index (χ3v) is 3.38. The van der Waals surface area contributed by atoms with Crippen molar-refractivity contribution in [3.63, 3.8) is 0 Å². The van der Waals surface area contributed by atoms with Gasteiger partial charge in [-0.05, 0) is 36.8 Å². The summed E-state index contributed by atoms with van der Waals surface area (Å²) in [6.07, 6.45) is 2.52. The highest BCUT2D eigenvalue weighted by Gasteiger charge is 2.35. The van der Waals surface area contributed by atoms with Crippen molar-refractivity contribution in [3.8, 4) is 0 Å². The number of pyridine rings is 1. The molecule has 2 rings (SSSR count). The fraction of sp³-hybridized carbons (Fsp3) is 0.615. The molecule has 0 unspecified atom stereocenters. The van der Waals surface area contributed by atoms with Gasteiger partial charge in [-0.3, -0.25) is 0 Å². The average Bonchev–Trinajstić information content (AvgIpc) is 2.16. The molecule has 0 bridgehead atoms. The van der Waals surface area contributed by atoms with Crippen LogP contribution < -0.4 is 11.1 Å². The standard InChI is InChI=1S/C13H21N3/c1-9-4-5-12(14)16-11(9)8-15-10-6-13(2,3)7-10/h4-5,10,15H,6-8H2,1-3H3,(H2,14,16). The molecule has 3 heteroatoms. The van der Waals surface area contributed by atoms with Crippen LogP contribution in [0.25, 0.3) is 0 Å². The Balaban J connectivity index is 1.88. The van der Waals surface area contributed by atoms with E-state index in [-0.39, 0.29) is 0 Å². The van der Waals surface area contributed by atoms with Crippen LogP contribution in [0, 0.1) is 12.3 Å². The monoisotopic (exact) mass is 219 g/mol. The maximum Gasteiger partial charge on any atom is 0.123 e. The molecule has 1 aliphatic rings. The molecule has 0 atom stereocenters. The van der Waals surface area contributed by atoms with Crippen LogP contribution in [0.4, 0.5) is 5.82 Å². The maximum atomic E-state index is 5.68. The topological polar surface area (TPSA) is 50.9 Å². The van der Waals surface area contributed by atoms with Gasteiger partial charge in [-0.1, -0.05) is 19.9 Å². The summed E-state index contributed by atoms with van der Waals surface area (Å²) in [4.78, 5) is 4.35. The van der Waals surface area contributed by atoms with Crippen LogP contribution in [0.5, 0.6) is 0 Å². The lowest BCUT2D eigenvalue weighted by Gasteiger charge is -2.43. The van der Waals surface area contributed by atoms with E-state index in [0.717, 1.165) is 12.2 Å². The van der Waals surface area contributed by atoms with Gasteiger partial charge in [0, 0.05) is 12.6 Å². The van der Waals surface area contributed by atoms with Gasteiger partial charge in [0.15, 0.2) is 0 Å². The first kappa shape index (κ1) is 11.4. The molecule has 1 fully saturated rings. The SMILES string of the molecule is Cc1ccc(N)nc1CNC1CC(C)(C)C1. The maximum absolute atomic E-state index is 5.68. The van der Waals surface area contributed by atoms with Gasteiger partial charge in [0.05, 0.1) is 5.69 Å². The Bertz CT molecular complexity index is 377. The number of rotatable bonds is 3. The van der Waals surface area contributed by atoms with E-state index in [1.165, 1.54) is 18.4 Å². The van der Waals surface area contributed by atoms with E-state index in [2.05, 4.69) is 31.1 Å². The van der Waals surface area contributed by atoms with Gasteiger partial charge >= 0.3 is 0 Å². The number of nitrogens with two attached hydrogens (primary N) is 1. The third-order valence-electron chi connectivity index (χ3n) is 3.38. The molecule has 16 heavy (non-hydrogen) atoms. The lowest BCUT2D eigenvalue weighted by Crippen LogP contribution is -2.45. The van der Waals surface area contributed by atoms with E-state index in [1.54, 1.807) is 0 Å². The minimum absolute atomic E-state index is 0.524. The zero-order valence-corrected chi connectivity index (χ0v) is 10.4. The Morgan fingerprint density at radius 3 is 2.75 bits per heavy atom. The number of nitrogen functional groups attached to an aromatic ring is 1. The van der Waals surface area contributed by atoms with Crippen molar-refractivity contribution in [1.82, 2.24) is 10.3 Å². The minimum atomic E-state index is 0.524. The summed E-state index contributed by atoms with van der Waals surface area (Å²) >= 11 is 0. The second kappa shape index (κ2) is 4.06. The summed E-state index contributed by atoms with van der Waals surface area (Å²) in [5.41, 5.74) is 8.49. The molecule has 1 saturated carbocycles. The Morgan fingerprint density at radius 2 is 2.12 bits per heavy atom. The highest BCUT2D eigenvalue weighted by molar-refractivity contribution is 5.33. The van der Waals surface area contributed by atoms with Crippen LogP contribution >= 0.6 is 0 Å². The fourth-order valence-corrected chi connectivity index (χ4v) is 2.43. The molecule has 1 aliphatic carbocycles. The molecular formula is C13H21N3. The number of anilines is 1. The second-order valence-electron chi connectivity index (χ2n) is 5.65. The van der Waals surface area contributed by atoms with Gasteiger partial charge in [-0.25, -0.2) is 4.98 Å². The Labute approximate surface area is 97.5 Å². The normalized spacial score (nSPS) is 19.4. The van der Waals surface area contributed by atoms with E-state index < -0.39 is 0 Å². The summed E-state index contributed by atoms with van der Waals surface area (Å²) < 4.78 is 0. The number of aryl methyl sites for hydroxylation is 1. The van der Waals surface area contributed by atoms with Crippen molar-refractivity contribution in [2.24, 2.45) is 5.41 Å². The lowest BCUT2D eigenvalue weighted by molar-refractivity contribution is 0.125. The zero-order valence-electron chi connectivity index (χ0n) is 10.4. The molecule has 3 N–H and O–H groups in total. The number of aromatic nitrogens is 1. The van der Waals surface area contributed by atoms with Crippen LogP contribution in [-0.4, -0.2) is 11.0 Å². The summed E-state index contributed by atoms with van der Waals surface area (Å²) in [7, 11) is 0. The van der Waals surface area contributed by atoms with Crippen molar-refractivity contribution < 1.29 is 0 Å². The van der Waals surface area contributed by atoms with Gasteiger partial charge < -0.3 is 11.1 Å². The highest BCUT2D eigenvalue weighted by Crippen LogP contribution is 2.39. The molecule has 0 saturated heterocycles. The van der Waals surface area contributed by atoms with E-state index in [1.807, 2.05) is 12.1 Å². The molecule has 0 spiro atoms. The first-order valence-electron chi connectivity index (χ1n) is 5.92. The predicted octanol–water partition coefficient (Wildman–Crippen LogP) is 2.25. The molecular weight excluding hydrogens is 198 g/mol. The molecule has 0 aromatic carbocycles. The smallest absolute Gasteiger partial charge is 0.123 e. The Morgan fingerprint density at radius 1 is 1.44 bits per heavy atom. The molecule has 1 aromatic rings. The molecule has 1 heterocycles. The minimum Gasteiger partial charge on any atom is -0.384 e. The fourth-order valence-electron chi connectivity index (χ4n) is 2.43. The molecule has 0 amide bonds. The number of hydrogen-bond acceptors (Lipinski definition) is 3. The van der Waals surface area contributed by atoms with Gasteiger partial charge in [-0.2, -0.15) is 0 Å². The first-order valence-corrected chi connectivity index (χ1v) is 5.92. The van der Waals surface area contributed by atoms with Crippen LogP contribution in [0.1, 0.15) is 37.9 Å². The number of nitrogens with zero attached hydrogens (tertiary/aromatic N) is 1. The largest absolute Gasteiger partial charge is 0.384 e. The van der Waals surface area contributed by atoms with Gasteiger partial charge in [0.1, 0.15) is 5.82 Å². The molecule has 0 aliphatic heterocycles. The third kappa shape index (κ3) is 2.53. The van der Waals surface area contributed by atoms with E-state index in [9.17, 15) is 0 Å². The summed E-state index contributed by atoms with van der Waals surface area (Å²) in [6, 6.07) is 4.53. The Hall–Kier alpha value is -1.09. The molecule has 88 valence electrons. The van der Waals surface area contributed by atoms with Crippen molar-refractivity contribution >= 4 is 5.82 Å². The van der Waals surface area contributed by atoms with E-state index in [4.69, 9.17) is 5.73 Å². The molecule has 0 radical (unpaired) electrons. The van der Waals surface area contributed by atoms with E-state index >= 15 is 0 Å². The second-order valence-corrected chi connectivity index (χ2v) is 5.65. The lowest BCUT2D eigenvalue weighted by atomic mass is 9.68. The molecule has 1 aromatic heterocycles. The van der Waals surface area contributed by atoms with Gasteiger partial charge in [0.2, 0.25) is 0 Å². The van der Waals surface area contributed by atoms with Crippen molar-refractivity contribution in [2.75, 3.05) is 5.73 Å². The van der Waals surface area contributed by atoms with Crippen molar-refractivity contribution in [2.45, 2.75) is 46.2 Å². The van der Waals surface area contributed by atoms with Gasteiger partial charge in [0.25, 0.3) is 0 Å². The Kier molecular flexibility index (Phi) is 2.89. The predicted molar refractivity (Wildman–Crippen MR) is 67.0 cm³/mol. The van der Waals surface area contributed by atoms with Crippen molar-refractivity contribution in [3.05, 3.63) is 23.4 Å². The van der Waals surface area contributed by atoms with Gasteiger partial charge in [-0.15, -0.1) is 0 Å². The average molecular weight is 219 g/mol. The summed E-state index contributed by atoms with van der Waals surface area (Å²) in [6.45, 7) is 7.54. The summed E-state index contributed by atoms with van der Waals surface area (Å²) in [5, 5.41) is 3.54. The number of hydrogen-bond donors (Lipinski definition) is 2. The molecule has 3 nitrogen and oxygen atoms in total.